The van der Waals surface area contributed by atoms with Crippen molar-refractivity contribution in [1.82, 2.24) is 9.80 Å². The number of alkyl halides is 1. The molecule has 5 heteroatoms. The van der Waals surface area contributed by atoms with E-state index < -0.39 is 0 Å². The third-order valence-corrected chi connectivity index (χ3v) is 5.90. The smallest absolute Gasteiger partial charge is 0.257 e. The summed E-state index contributed by atoms with van der Waals surface area (Å²) < 4.78 is 5.37. The number of methoxy groups -OCH3 is 1. The first-order valence-electron chi connectivity index (χ1n) is 9.44. The number of likely N-dealkylation sites (tertiary alicyclic amines) is 2. The molecule has 4 rings (SSSR count). The van der Waals surface area contributed by atoms with Crippen molar-refractivity contribution in [3.63, 3.8) is 0 Å². The Morgan fingerprint density at radius 1 is 1.11 bits per heavy atom. The van der Waals surface area contributed by atoms with Gasteiger partial charge in [-0.05, 0) is 30.0 Å². The molecule has 2 aromatic rings. The number of hydrogen-bond acceptors (Lipinski definition) is 3. The van der Waals surface area contributed by atoms with Crippen molar-refractivity contribution in [2.75, 3.05) is 33.3 Å². The van der Waals surface area contributed by atoms with E-state index in [-0.39, 0.29) is 10.8 Å². The van der Waals surface area contributed by atoms with Gasteiger partial charge >= 0.3 is 0 Å². The molecule has 2 aliphatic heterocycles. The largest absolute Gasteiger partial charge is 0.496 e. The normalized spacial score (nSPS) is 25.3. The highest BCUT2D eigenvalue weighted by Gasteiger charge is 2.45. The number of rotatable bonds is 4. The van der Waals surface area contributed by atoms with Crippen molar-refractivity contribution in [2.45, 2.75) is 17.8 Å². The number of amides is 1. The molecule has 0 aliphatic carbocycles. The van der Waals surface area contributed by atoms with E-state index >= 15 is 0 Å². The Morgan fingerprint density at radius 3 is 2.59 bits per heavy atom. The van der Waals surface area contributed by atoms with E-state index in [9.17, 15) is 4.79 Å². The number of para-hydroxylation sites is 1. The van der Waals surface area contributed by atoms with Gasteiger partial charge in [0.25, 0.3) is 5.91 Å². The van der Waals surface area contributed by atoms with Crippen LogP contribution in [0.1, 0.15) is 22.3 Å². The van der Waals surface area contributed by atoms with Gasteiger partial charge in [-0.25, -0.2) is 0 Å². The van der Waals surface area contributed by atoms with Crippen molar-refractivity contribution >= 4 is 17.5 Å². The van der Waals surface area contributed by atoms with Crippen molar-refractivity contribution in [1.29, 1.82) is 0 Å². The van der Waals surface area contributed by atoms with Crippen LogP contribution in [-0.2, 0) is 6.54 Å². The quantitative estimate of drug-likeness (QED) is 0.754. The molecule has 27 heavy (non-hydrogen) atoms. The third kappa shape index (κ3) is 3.97. The average Bonchev–Trinajstić information content (AvgIpc) is 2.66. The van der Waals surface area contributed by atoms with Gasteiger partial charge in [-0.15, -0.1) is 11.6 Å². The summed E-state index contributed by atoms with van der Waals surface area (Å²) in [5.41, 5.74) is 1.92. The molecule has 2 unspecified atom stereocenters. The second kappa shape index (κ2) is 7.53. The fourth-order valence-corrected chi connectivity index (χ4v) is 5.07. The highest BCUT2D eigenvalue weighted by molar-refractivity contribution is 6.24. The molecule has 1 amide bonds. The monoisotopic (exact) mass is 384 g/mol. The summed E-state index contributed by atoms with van der Waals surface area (Å²) in [7, 11) is 1.60. The number of piperidine rings is 2. The van der Waals surface area contributed by atoms with Crippen LogP contribution >= 0.6 is 11.6 Å². The molecule has 2 heterocycles. The predicted molar refractivity (Wildman–Crippen MR) is 107 cm³/mol. The van der Waals surface area contributed by atoms with Gasteiger partial charge in [-0.2, -0.15) is 0 Å². The Hall–Kier alpha value is -2.04. The van der Waals surface area contributed by atoms with Crippen LogP contribution in [0.4, 0.5) is 0 Å². The van der Waals surface area contributed by atoms with Crippen LogP contribution in [0.2, 0.25) is 0 Å². The maximum absolute atomic E-state index is 13.1. The first-order chi connectivity index (χ1) is 13.1. The lowest BCUT2D eigenvalue weighted by Gasteiger charge is -2.50. The van der Waals surface area contributed by atoms with Crippen LogP contribution in [-0.4, -0.2) is 53.9 Å². The van der Waals surface area contributed by atoms with Crippen molar-refractivity contribution in [3.8, 4) is 5.75 Å². The molecule has 2 atom stereocenters. The van der Waals surface area contributed by atoms with Gasteiger partial charge in [0.05, 0.1) is 17.5 Å². The Balaban J connectivity index is 1.48. The summed E-state index contributed by atoms with van der Waals surface area (Å²) in [6.45, 7) is 4.00. The molecule has 0 aromatic heterocycles. The molecule has 0 N–H and O–H groups in total. The fourth-order valence-electron chi connectivity index (χ4n) is 4.54. The molecule has 2 bridgehead atoms. The second-order valence-electron chi connectivity index (χ2n) is 7.76. The minimum absolute atomic E-state index is 0.0127. The molecular formula is C22H25ClN2O2. The van der Waals surface area contributed by atoms with E-state index in [1.54, 1.807) is 7.11 Å². The number of fused-ring (bicyclic) bond motifs is 2. The van der Waals surface area contributed by atoms with Gasteiger partial charge < -0.3 is 9.64 Å². The number of carbonyl (C=O) groups excluding carboxylic acids is 1. The van der Waals surface area contributed by atoms with Gasteiger partial charge in [0.2, 0.25) is 0 Å². The summed E-state index contributed by atoms with van der Waals surface area (Å²) in [5, 5.41) is 0. The van der Waals surface area contributed by atoms with E-state index in [0.29, 0.717) is 23.8 Å². The number of halogens is 1. The van der Waals surface area contributed by atoms with Crippen molar-refractivity contribution in [3.05, 3.63) is 65.7 Å². The van der Waals surface area contributed by atoms with Crippen LogP contribution in [0.25, 0.3) is 0 Å². The van der Waals surface area contributed by atoms with E-state index in [1.165, 1.54) is 5.56 Å². The zero-order valence-electron chi connectivity index (χ0n) is 15.6. The third-order valence-electron chi connectivity index (χ3n) is 5.50. The maximum Gasteiger partial charge on any atom is 0.257 e. The van der Waals surface area contributed by atoms with Crippen molar-refractivity contribution in [2.24, 2.45) is 5.92 Å². The van der Waals surface area contributed by atoms with E-state index in [4.69, 9.17) is 16.3 Å². The lowest BCUT2D eigenvalue weighted by atomic mass is 9.83. The molecule has 2 aliphatic rings. The summed E-state index contributed by atoms with van der Waals surface area (Å²) in [6.07, 6.45) is 0.968. The highest BCUT2D eigenvalue weighted by atomic mass is 35.5. The minimum Gasteiger partial charge on any atom is -0.496 e. The standard InChI is InChI=1S/C22H25ClN2O2/c1-27-20-10-6-5-9-19(20)21(26)25-14-18-11-22(23,16-25)15-24(13-18)12-17-7-3-2-4-8-17/h2-10,18H,11-16H2,1H3. The molecular weight excluding hydrogens is 360 g/mol. The first kappa shape index (κ1) is 18.3. The van der Waals surface area contributed by atoms with Crippen LogP contribution in [0.5, 0.6) is 5.75 Å². The van der Waals surface area contributed by atoms with E-state index in [1.807, 2.05) is 35.2 Å². The summed E-state index contributed by atoms with van der Waals surface area (Å²) in [5.74, 6) is 1.03. The predicted octanol–water partition coefficient (Wildman–Crippen LogP) is 3.65. The van der Waals surface area contributed by atoms with Crippen LogP contribution in [0.15, 0.2) is 54.6 Å². The second-order valence-corrected chi connectivity index (χ2v) is 8.56. The zero-order chi connectivity index (χ0) is 18.9. The van der Waals surface area contributed by atoms with Gasteiger partial charge in [0.1, 0.15) is 5.75 Å². The zero-order valence-corrected chi connectivity index (χ0v) is 16.4. The van der Waals surface area contributed by atoms with Crippen molar-refractivity contribution < 1.29 is 9.53 Å². The van der Waals surface area contributed by atoms with E-state index in [0.717, 1.165) is 32.6 Å². The number of carbonyl (C=O) groups is 1. The van der Waals surface area contributed by atoms with E-state index in [2.05, 4.69) is 29.2 Å². The Morgan fingerprint density at radius 2 is 1.85 bits per heavy atom. The summed E-state index contributed by atoms with van der Waals surface area (Å²) >= 11 is 7.00. The fraction of sp³-hybridized carbons (Fsp3) is 0.409. The molecule has 2 aromatic carbocycles. The Kier molecular flexibility index (Phi) is 5.11. The topological polar surface area (TPSA) is 32.8 Å². The first-order valence-corrected chi connectivity index (χ1v) is 9.82. The molecule has 2 fully saturated rings. The van der Waals surface area contributed by atoms with Gasteiger partial charge in [0.15, 0.2) is 0 Å². The van der Waals surface area contributed by atoms with Gasteiger partial charge in [0, 0.05) is 32.7 Å². The Labute approximate surface area is 165 Å². The lowest BCUT2D eigenvalue weighted by molar-refractivity contribution is 0.0324. The van der Waals surface area contributed by atoms with Gasteiger partial charge in [-0.1, -0.05) is 42.5 Å². The summed E-state index contributed by atoms with van der Waals surface area (Å²) in [6, 6.07) is 17.9. The maximum atomic E-state index is 13.1. The molecule has 4 nitrogen and oxygen atoms in total. The number of nitrogens with zero attached hydrogens (tertiary/aromatic N) is 2. The minimum atomic E-state index is -0.381. The van der Waals surface area contributed by atoms with Crippen LogP contribution in [0, 0.1) is 5.92 Å². The lowest BCUT2D eigenvalue weighted by Crippen LogP contribution is -2.61. The SMILES string of the molecule is COc1ccccc1C(=O)N1CC2CN(Cc3ccccc3)CC(Cl)(C2)C1. The molecule has 0 saturated carbocycles. The average molecular weight is 385 g/mol. The van der Waals surface area contributed by atoms with Crippen LogP contribution < -0.4 is 4.74 Å². The number of ether oxygens (including phenoxy) is 1. The molecule has 142 valence electrons. The Bertz CT molecular complexity index is 813. The highest BCUT2D eigenvalue weighted by Crippen LogP contribution is 2.38. The number of benzene rings is 2. The molecule has 0 radical (unpaired) electrons. The number of hydrogen-bond donors (Lipinski definition) is 0. The molecule has 0 spiro atoms. The molecule has 2 saturated heterocycles. The summed E-state index contributed by atoms with van der Waals surface area (Å²) in [4.78, 5) is 17.1. The van der Waals surface area contributed by atoms with Crippen LogP contribution in [0.3, 0.4) is 0 Å². The van der Waals surface area contributed by atoms with Gasteiger partial charge in [-0.3, -0.25) is 9.69 Å².